The standard InChI is InChI=1S/C23H19ClF2N4O6/c1-2-35-23(34)19(20(27)31)30-18(28-21(32)13-8-15(25)16(26)9-14(13)24)10-17(29-30)22(33)36-11-12-6-4-3-5-7-12/h3-10,19H,2,11H2,1H3,(H2,27,31)(H,28,32). The molecule has 0 aliphatic heterocycles. The van der Waals surface area contributed by atoms with Crippen LogP contribution < -0.4 is 11.1 Å². The van der Waals surface area contributed by atoms with E-state index in [4.69, 9.17) is 26.8 Å². The number of esters is 2. The Labute approximate surface area is 207 Å². The lowest BCUT2D eigenvalue weighted by Crippen LogP contribution is -2.36. The molecule has 188 valence electrons. The summed E-state index contributed by atoms with van der Waals surface area (Å²) in [4.78, 5) is 49.8. The monoisotopic (exact) mass is 520 g/mol. The summed E-state index contributed by atoms with van der Waals surface area (Å²) in [6.45, 7) is 1.26. The lowest BCUT2D eigenvalue weighted by molar-refractivity contribution is -0.150. The highest BCUT2D eigenvalue weighted by atomic mass is 35.5. The molecular weight excluding hydrogens is 502 g/mol. The summed E-state index contributed by atoms with van der Waals surface area (Å²) < 4.78 is 37.8. The van der Waals surface area contributed by atoms with Gasteiger partial charge in [-0.05, 0) is 24.6 Å². The van der Waals surface area contributed by atoms with Gasteiger partial charge in [0.2, 0.25) is 6.04 Å². The zero-order chi connectivity index (χ0) is 26.4. The van der Waals surface area contributed by atoms with E-state index in [0.29, 0.717) is 22.4 Å². The number of hydrogen-bond acceptors (Lipinski definition) is 7. The van der Waals surface area contributed by atoms with E-state index in [-0.39, 0.29) is 19.0 Å². The number of anilines is 1. The predicted octanol–water partition coefficient (Wildman–Crippen LogP) is 3.01. The van der Waals surface area contributed by atoms with Crippen LogP contribution in [0.5, 0.6) is 0 Å². The van der Waals surface area contributed by atoms with Crippen LogP contribution in [0.2, 0.25) is 5.02 Å². The number of benzene rings is 2. The number of nitrogens with zero attached hydrogens (tertiary/aromatic N) is 2. The van der Waals surface area contributed by atoms with Crippen molar-refractivity contribution in [3.8, 4) is 0 Å². The number of ether oxygens (including phenoxy) is 2. The number of nitrogens with two attached hydrogens (primary N) is 1. The summed E-state index contributed by atoms with van der Waals surface area (Å²) in [5, 5.41) is 5.75. The molecule has 10 nitrogen and oxygen atoms in total. The third-order valence-corrected chi connectivity index (χ3v) is 4.99. The third-order valence-electron chi connectivity index (χ3n) is 4.68. The molecule has 0 radical (unpaired) electrons. The van der Waals surface area contributed by atoms with Crippen LogP contribution in [-0.2, 0) is 25.7 Å². The van der Waals surface area contributed by atoms with Crippen LogP contribution in [0.3, 0.4) is 0 Å². The molecule has 0 aliphatic carbocycles. The molecule has 1 unspecified atom stereocenters. The molecule has 0 bridgehead atoms. The molecule has 3 N–H and O–H groups in total. The summed E-state index contributed by atoms with van der Waals surface area (Å²) in [7, 11) is 0. The van der Waals surface area contributed by atoms with Crippen LogP contribution >= 0.6 is 11.6 Å². The van der Waals surface area contributed by atoms with Gasteiger partial charge in [-0.3, -0.25) is 9.59 Å². The van der Waals surface area contributed by atoms with Crippen molar-refractivity contribution in [2.45, 2.75) is 19.6 Å². The van der Waals surface area contributed by atoms with E-state index in [1.54, 1.807) is 30.3 Å². The van der Waals surface area contributed by atoms with Gasteiger partial charge in [-0.15, -0.1) is 0 Å². The Balaban J connectivity index is 1.97. The van der Waals surface area contributed by atoms with E-state index in [2.05, 4.69) is 10.4 Å². The van der Waals surface area contributed by atoms with Gasteiger partial charge in [0, 0.05) is 6.07 Å². The fourth-order valence-electron chi connectivity index (χ4n) is 3.02. The highest BCUT2D eigenvalue weighted by Crippen LogP contribution is 2.24. The maximum atomic E-state index is 13.7. The van der Waals surface area contributed by atoms with Gasteiger partial charge in [0.1, 0.15) is 12.4 Å². The van der Waals surface area contributed by atoms with Crippen LogP contribution in [0.4, 0.5) is 14.6 Å². The van der Waals surface area contributed by atoms with Gasteiger partial charge < -0.3 is 20.5 Å². The van der Waals surface area contributed by atoms with E-state index in [1.165, 1.54) is 6.92 Å². The number of primary amides is 1. The minimum Gasteiger partial charge on any atom is -0.464 e. The zero-order valence-corrected chi connectivity index (χ0v) is 19.4. The molecule has 0 aliphatic rings. The van der Waals surface area contributed by atoms with Crippen molar-refractivity contribution in [1.82, 2.24) is 9.78 Å². The van der Waals surface area contributed by atoms with Crippen molar-refractivity contribution >= 4 is 41.2 Å². The average Bonchev–Trinajstić information content (AvgIpc) is 3.23. The second-order valence-corrected chi connectivity index (χ2v) is 7.59. The molecule has 3 aromatic rings. The molecule has 2 aromatic carbocycles. The van der Waals surface area contributed by atoms with Crippen molar-refractivity contribution in [3.05, 3.63) is 82.0 Å². The Morgan fingerprint density at radius 3 is 2.39 bits per heavy atom. The highest BCUT2D eigenvalue weighted by molar-refractivity contribution is 6.34. The summed E-state index contributed by atoms with van der Waals surface area (Å²) >= 11 is 5.85. The average molecular weight is 521 g/mol. The summed E-state index contributed by atoms with van der Waals surface area (Å²) in [5.74, 6) is -7.32. The van der Waals surface area contributed by atoms with Crippen molar-refractivity contribution in [3.63, 3.8) is 0 Å². The number of amides is 2. The number of carbonyl (C=O) groups is 4. The second-order valence-electron chi connectivity index (χ2n) is 7.18. The van der Waals surface area contributed by atoms with Crippen LogP contribution in [0.25, 0.3) is 0 Å². The Bertz CT molecular complexity index is 1320. The summed E-state index contributed by atoms with van der Waals surface area (Å²) in [6.07, 6.45) is 0. The lowest BCUT2D eigenvalue weighted by Gasteiger charge is -2.16. The first kappa shape index (κ1) is 26.3. The van der Waals surface area contributed by atoms with Gasteiger partial charge in [0.25, 0.3) is 11.8 Å². The SMILES string of the molecule is CCOC(=O)C(C(N)=O)n1nc(C(=O)OCc2ccccc2)cc1NC(=O)c1cc(F)c(F)cc1Cl. The van der Waals surface area contributed by atoms with Gasteiger partial charge >= 0.3 is 11.9 Å². The van der Waals surface area contributed by atoms with Gasteiger partial charge in [-0.25, -0.2) is 23.1 Å². The molecule has 13 heteroatoms. The molecule has 0 saturated heterocycles. The summed E-state index contributed by atoms with van der Waals surface area (Å²) in [5.41, 5.74) is 5.16. The second kappa shape index (κ2) is 11.4. The minimum absolute atomic E-state index is 0.109. The first-order valence-electron chi connectivity index (χ1n) is 10.3. The molecule has 0 saturated carbocycles. The Kier molecular flexibility index (Phi) is 8.33. The van der Waals surface area contributed by atoms with E-state index < -0.39 is 57.7 Å². The third kappa shape index (κ3) is 6.02. The van der Waals surface area contributed by atoms with Crippen LogP contribution in [0, 0.1) is 11.6 Å². The maximum absolute atomic E-state index is 13.7. The number of hydrogen-bond donors (Lipinski definition) is 2. The predicted molar refractivity (Wildman–Crippen MR) is 122 cm³/mol. The molecule has 1 heterocycles. The van der Waals surface area contributed by atoms with Gasteiger partial charge in [0.15, 0.2) is 17.3 Å². The Morgan fingerprint density at radius 2 is 1.75 bits per heavy atom. The fourth-order valence-corrected chi connectivity index (χ4v) is 3.26. The fraction of sp³-hybridized carbons (Fsp3) is 0.174. The minimum atomic E-state index is -1.88. The first-order chi connectivity index (χ1) is 17.1. The van der Waals surface area contributed by atoms with E-state index >= 15 is 0 Å². The molecule has 1 aromatic heterocycles. The maximum Gasteiger partial charge on any atom is 0.359 e. The van der Waals surface area contributed by atoms with E-state index in [9.17, 15) is 28.0 Å². The first-order valence-corrected chi connectivity index (χ1v) is 10.7. The smallest absolute Gasteiger partial charge is 0.359 e. The largest absolute Gasteiger partial charge is 0.464 e. The van der Waals surface area contributed by atoms with Crippen molar-refractivity contribution in [2.75, 3.05) is 11.9 Å². The number of nitrogens with one attached hydrogen (secondary N) is 1. The topological polar surface area (TPSA) is 143 Å². The Hall–Kier alpha value is -4.32. The number of carbonyl (C=O) groups excluding carboxylic acids is 4. The van der Waals surface area contributed by atoms with Crippen molar-refractivity contribution in [2.24, 2.45) is 5.73 Å². The lowest BCUT2D eigenvalue weighted by atomic mass is 10.2. The number of halogens is 3. The summed E-state index contributed by atoms with van der Waals surface area (Å²) in [6, 6.07) is 8.97. The number of aromatic nitrogens is 2. The normalized spacial score (nSPS) is 11.4. The molecule has 0 spiro atoms. The number of rotatable bonds is 9. The molecule has 1 atom stereocenters. The van der Waals surface area contributed by atoms with Crippen LogP contribution in [0.15, 0.2) is 48.5 Å². The molecule has 2 amide bonds. The van der Waals surface area contributed by atoms with Crippen molar-refractivity contribution in [1.29, 1.82) is 0 Å². The van der Waals surface area contributed by atoms with Gasteiger partial charge in [0.05, 0.1) is 17.2 Å². The van der Waals surface area contributed by atoms with Crippen molar-refractivity contribution < 1.29 is 37.4 Å². The molecule has 36 heavy (non-hydrogen) atoms. The van der Waals surface area contributed by atoms with Crippen LogP contribution in [0.1, 0.15) is 39.4 Å². The zero-order valence-electron chi connectivity index (χ0n) is 18.7. The van der Waals surface area contributed by atoms with Gasteiger partial charge in [-0.2, -0.15) is 5.10 Å². The molecule has 0 fully saturated rings. The molecule has 3 rings (SSSR count). The highest BCUT2D eigenvalue weighted by Gasteiger charge is 2.33. The van der Waals surface area contributed by atoms with E-state index in [0.717, 1.165) is 6.07 Å². The van der Waals surface area contributed by atoms with Gasteiger partial charge in [-0.1, -0.05) is 41.9 Å². The van der Waals surface area contributed by atoms with E-state index in [1.807, 2.05) is 0 Å². The van der Waals surface area contributed by atoms with Crippen LogP contribution in [-0.4, -0.2) is 40.1 Å². The quantitative estimate of drug-likeness (QED) is 0.251. The molecular formula is C23H19ClF2N4O6. The Morgan fingerprint density at radius 1 is 1.08 bits per heavy atom.